The summed E-state index contributed by atoms with van der Waals surface area (Å²) in [6.45, 7) is 1.08. The fourth-order valence-corrected chi connectivity index (χ4v) is 3.84. The molecule has 0 aliphatic carbocycles. The van der Waals surface area contributed by atoms with Gasteiger partial charge in [-0.25, -0.2) is 0 Å². The summed E-state index contributed by atoms with van der Waals surface area (Å²) in [6.07, 6.45) is -2.62. The summed E-state index contributed by atoms with van der Waals surface area (Å²) in [7, 11) is 0. The number of halogens is 4. The van der Waals surface area contributed by atoms with Crippen molar-refractivity contribution in [3.8, 4) is 11.5 Å². The Bertz CT molecular complexity index is 1070. The summed E-state index contributed by atoms with van der Waals surface area (Å²) in [5.74, 6) is 0.383. The second-order valence-electron chi connectivity index (χ2n) is 7.47. The van der Waals surface area contributed by atoms with Gasteiger partial charge in [0.1, 0.15) is 0 Å². The molecule has 0 bridgehead atoms. The standard InChI is InChI=1S/C22H19ClF3N3O2/c23-18-6-2-1-4-15(18)12-19(30)29-11-3-5-16(13-29)21-28-27-20(31-21)14-7-9-17(10-8-14)22(24,25)26/h1-2,4,6-10,16H,3,5,11-13H2. The van der Waals surface area contributed by atoms with E-state index in [9.17, 15) is 18.0 Å². The number of piperidine rings is 1. The molecule has 1 fully saturated rings. The molecule has 1 aliphatic heterocycles. The van der Waals surface area contributed by atoms with E-state index in [1.54, 1.807) is 11.0 Å². The van der Waals surface area contributed by atoms with E-state index < -0.39 is 11.7 Å². The van der Waals surface area contributed by atoms with Gasteiger partial charge in [-0.05, 0) is 48.7 Å². The number of rotatable bonds is 4. The van der Waals surface area contributed by atoms with Gasteiger partial charge in [-0.15, -0.1) is 10.2 Å². The van der Waals surface area contributed by atoms with E-state index in [-0.39, 0.29) is 24.1 Å². The van der Waals surface area contributed by atoms with Gasteiger partial charge in [0.25, 0.3) is 0 Å². The summed E-state index contributed by atoms with van der Waals surface area (Å²) in [6, 6.07) is 11.8. The largest absolute Gasteiger partial charge is 0.420 e. The van der Waals surface area contributed by atoms with Gasteiger partial charge in [0, 0.05) is 23.7 Å². The van der Waals surface area contributed by atoms with Crippen LogP contribution in [0.15, 0.2) is 52.9 Å². The fraction of sp³-hybridized carbons (Fsp3) is 0.318. The Morgan fingerprint density at radius 2 is 1.87 bits per heavy atom. The van der Waals surface area contributed by atoms with Crippen LogP contribution in [0.5, 0.6) is 0 Å². The van der Waals surface area contributed by atoms with Crippen LogP contribution >= 0.6 is 11.6 Å². The first kappa shape index (κ1) is 21.4. The maximum absolute atomic E-state index is 12.7. The molecule has 2 heterocycles. The number of likely N-dealkylation sites (tertiary alicyclic amines) is 1. The molecule has 1 atom stereocenters. The Balaban J connectivity index is 1.44. The Labute approximate surface area is 181 Å². The second kappa shape index (κ2) is 8.70. The minimum atomic E-state index is -4.40. The number of amides is 1. The van der Waals surface area contributed by atoms with Crippen molar-refractivity contribution in [1.82, 2.24) is 15.1 Å². The van der Waals surface area contributed by atoms with Crippen molar-refractivity contribution in [3.63, 3.8) is 0 Å². The van der Waals surface area contributed by atoms with E-state index in [2.05, 4.69) is 10.2 Å². The number of hydrogen-bond donors (Lipinski definition) is 0. The van der Waals surface area contributed by atoms with Gasteiger partial charge < -0.3 is 9.32 Å². The van der Waals surface area contributed by atoms with Crippen molar-refractivity contribution in [2.45, 2.75) is 31.4 Å². The third-order valence-corrected chi connectivity index (χ3v) is 5.69. The summed E-state index contributed by atoms with van der Waals surface area (Å²) in [5, 5.41) is 8.62. The number of alkyl halides is 3. The smallest absolute Gasteiger partial charge is 0.416 e. The lowest BCUT2D eigenvalue weighted by atomic mass is 9.97. The first-order valence-corrected chi connectivity index (χ1v) is 10.2. The molecule has 1 aliphatic rings. The predicted octanol–water partition coefficient (Wildman–Crippen LogP) is 5.36. The molecule has 0 N–H and O–H groups in total. The molecule has 1 saturated heterocycles. The van der Waals surface area contributed by atoms with Crippen LogP contribution in [0.25, 0.3) is 11.5 Å². The van der Waals surface area contributed by atoms with E-state index in [0.29, 0.717) is 29.6 Å². The molecule has 31 heavy (non-hydrogen) atoms. The minimum Gasteiger partial charge on any atom is -0.420 e. The molecule has 3 aromatic rings. The highest BCUT2D eigenvalue weighted by atomic mass is 35.5. The second-order valence-corrected chi connectivity index (χ2v) is 7.87. The highest BCUT2D eigenvalue weighted by Gasteiger charge is 2.31. The van der Waals surface area contributed by atoms with Crippen LogP contribution in [0.2, 0.25) is 5.02 Å². The van der Waals surface area contributed by atoms with E-state index in [4.69, 9.17) is 16.0 Å². The molecule has 9 heteroatoms. The lowest BCUT2D eigenvalue weighted by Crippen LogP contribution is -2.40. The summed E-state index contributed by atoms with van der Waals surface area (Å²) in [4.78, 5) is 14.5. The van der Waals surface area contributed by atoms with Crippen LogP contribution in [-0.4, -0.2) is 34.1 Å². The molecule has 162 valence electrons. The number of carbonyl (C=O) groups excluding carboxylic acids is 1. The summed E-state index contributed by atoms with van der Waals surface area (Å²) in [5.41, 5.74) is 0.448. The molecular formula is C22H19ClF3N3O2. The van der Waals surface area contributed by atoms with Gasteiger partial charge in [0.2, 0.25) is 17.7 Å². The molecule has 4 rings (SSSR count). The van der Waals surface area contributed by atoms with Gasteiger partial charge in [-0.3, -0.25) is 4.79 Å². The Morgan fingerprint density at radius 1 is 1.13 bits per heavy atom. The van der Waals surface area contributed by atoms with Crippen LogP contribution in [0.1, 0.15) is 35.8 Å². The molecule has 1 unspecified atom stereocenters. The van der Waals surface area contributed by atoms with Crippen LogP contribution in [-0.2, 0) is 17.4 Å². The monoisotopic (exact) mass is 449 g/mol. The third kappa shape index (κ3) is 4.90. The van der Waals surface area contributed by atoms with E-state index in [1.807, 2.05) is 18.2 Å². The molecule has 0 saturated carbocycles. The SMILES string of the molecule is O=C(Cc1ccccc1Cl)N1CCCC(c2nnc(-c3ccc(C(F)(F)F)cc3)o2)C1. The highest BCUT2D eigenvalue weighted by molar-refractivity contribution is 6.31. The molecule has 5 nitrogen and oxygen atoms in total. The van der Waals surface area contributed by atoms with Gasteiger partial charge in [0.15, 0.2) is 0 Å². The molecule has 1 amide bonds. The number of hydrogen-bond acceptors (Lipinski definition) is 4. The summed E-state index contributed by atoms with van der Waals surface area (Å²) < 4.78 is 44.0. The molecular weight excluding hydrogens is 431 g/mol. The molecule has 2 aromatic carbocycles. The zero-order valence-corrected chi connectivity index (χ0v) is 17.2. The summed E-state index contributed by atoms with van der Waals surface area (Å²) >= 11 is 6.16. The molecule has 0 radical (unpaired) electrons. The molecule has 0 spiro atoms. The lowest BCUT2D eigenvalue weighted by Gasteiger charge is -2.31. The van der Waals surface area contributed by atoms with Crippen LogP contribution < -0.4 is 0 Å². The average Bonchev–Trinajstić information content (AvgIpc) is 3.25. The van der Waals surface area contributed by atoms with E-state index in [1.165, 1.54) is 12.1 Å². The van der Waals surface area contributed by atoms with Crippen molar-refractivity contribution < 1.29 is 22.4 Å². The third-order valence-electron chi connectivity index (χ3n) is 5.32. The average molecular weight is 450 g/mol. The topological polar surface area (TPSA) is 59.2 Å². The van der Waals surface area contributed by atoms with E-state index in [0.717, 1.165) is 30.5 Å². The van der Waals surface area contributed by atoms with Crippen LogP contribution in [0.3, 0.4) is 0 Å². The first-order chi connectivity index (χ1) is 14.8. The van der Waals surface area contributed by atoms with E-state index >= 15 is 0 Å². The predicted molar refractivity (Wildman–Crippen MR) is 108 cm³/mol. The normalized spacial score (nSPS) is 17.0. The van der Waals surface area contributed by atoms with Gasteiger partial charge in [-0.1, -0.05) is 29.8 Å². The van der Waals surface area contributed by atoms with Crippen LogP contribution in [0.4, 0.5) is 13.2 Å². The Hall–Kier alpha value is -2.87. The minimum absolute atomic E-state index is 0.0275. The number of nitrogens with zero attached hydrogens (tertiary/aromatic N) is 3. The van der Waals surface area contributed by atoms with Crippen molar-refractivity contribution in [2.24, 2.45) is 0 Å². The lowest BCUT2D eigenvalue weighted by molar-refractivity contribution is -0.137. The fourth-order valence-electron chi connectivity index (χ4n) is 3.64. The Kier molecular flexibility index (Phi) is 6.00. The van der Waals surface area contributed by atoms with Gasteiger partial charge in [-0.2, -0.15) is 13.2 Å². The van der Waals surface area contributed by atoms with Gasteiger partial charge >= 0.3 is 6.18 Å². The first-order valence-electron chi connectivity index (χ1n) is 9.83. The van der Waals surface area contributed by atoms with Crippen molar-refractivity contribution in [1.29, 1.82) is 0 Å². The zero-order chi connectivity index (χ0) is 22.0. The maximum atomic E-state index is 12.7. The quantitative estimate of drug-likeness (QED) is 0.538. The van der Waals surface area contributed by atoms with Crippen molar-refractivity contribution >= 4 is 17.5 Å². The number of benzene rings is 2. The number of carbonyl (C=O) groups is 1. The Morgan fingerprint density at radius 3 is 2.58 bits per heavy atom. The van der Waals surface area contributed by atoms with Crippen molar-refractivity contribution in [2.75, 3.05) is 13.1 Å². The number of aromatic nitrogens is 2. The van der Waals surface area contributed by atoms with Crippen molar-refractivity contribution in [3.05, 3.63) is 70.6 Å². The van der Waals surface area contributed by atoms with Crippen LogP contribution in [0, 0.1) is 0 Å². The zero-order valence-electron chi connectivity index (χ0n) is 16.4. The maximum Gasteiger partial charge on any atom is 0.416 e. The van der Waals surface area contributed by atoms with Gasteiger partial charge in [0.05, 0.1) is 17.9 Å². The molecule has 1 aromatic heterocycles. The highest BCUT2D eigenvalue weighted by Crippen LogP contribution is 2.32.